The summed E-state index contributed by atoms with van der Waals surface area (Å²) in [5.41, 5.74) is 2.50. The molecule has 6 nitrogen and oxygen atoms in total. The summed E-state index contributed by atoms with van der Waals surface area (Å²) < 4.78 is 28.8. The Kier molecular flexibility index (Phi) is 4.84. The molecular formula is C21H17F2N3O3. The average Bonchev–Trinajstić information content (AvgIpc) is 3.25. The van der Waals surface area contributed by atoms with Crippen LogP contribution in [0.3, 0.4) is 0 Å². The Morgan fingerprint density at radius 2 is 1.97 bits per heavy atom. The van der Waals surface area contributed by atoms with Gasteiger partial charge in [0.1, 0.15) is 11.7 Å². The number of benzene rings is 2. The number of aromatic amines is 1. The van der Waals surface area contributed by atoms with Crippen LogP contribution in [-0.4, -0.2) is 29.0 Å². The summed E-state index contributed by atoms with van der Waals surface area (Å²) in [6, 6.07) is 13.1. The van der Waals surface area contributed by atoms with Gasteiger partial charge in [-0.2, -0.15) is 18.9 Å². The lowest BCUT2D eigenvalue weighted by molar-refractivity contribution is -0.128. The van der Waals surface area contributed by atoms with Gasteiger partial charge < -0.3 is 9.72 Å². The van der Waals surface area contributed by atoms with Gasteiger partial charge in [0, 0.05) is 18.1 Å². The van der Waals surface area contributed by atoms with Gasteiger partial charge in [0.25, 0.3) is 5.91 Å². The van der Waals surface area contributed by atoms with Crippen molar-refractivity contribution in [3.8, 4) is 5.75 Å². The van der Waals surface area contributed by atoms with E-state index in [0.717, 1.165) is 21.5 Å². The first-order valence-corrected chi connectivity index (χ1v) is 8.95. The SMILES string of the molecule is CC1=NN(c2ccc(OC(F)F)cc2)C(=O)C1C(=O)Cc1ccc2cc[nH]c2c1. The number of Topliss-reactive ketones (excluding diaryl/α,β-unsaturated/α-hetero) is 1. The van der Waals surface area contributed by atoms with E-state index in [2.05, 4.69) is 14.8 Å². The van der Waals surface area contributed by atoms with Gasteiger partial charge in [-0.3, -0.25) is 9.59 Å². The summed E-state index contributed by atoms with van der Waals surface area (Å²) in [5.74, 6) is -1.70. The van der Waals surface area contributed by atoms with E-state index in [0.29, 0.717) is 11.4 Å². The molecule has 1 amide bonds. The van der Waals surface area contributed by atoms with Crippen LogP contribution in [0.5, 0.6) is 5.75 Å². The third-order valence-electron chi connectivity index (χ3n) is 4.76. The zero-order chi connectivity index (χ0) is 20.5. The van der Waals surface area contributed by atoms with Gasteiger partial charge in [0.05, 0.1) is 11.4 Å². The van der Waals surface area contributed by atoms with Gasteiger partial charge in [0.15, 0.2) is 5.78 Å². The molecule has 1 atom stereocenters. The molecule has 0 saturated carbocycles. The monoisotopic (exact) mass is 397 g/mol. The van der Waals surface area contributed by atoms with Crippen molar-refractivity contribution in [3.63, 3.8) is 0 Å². The Labute approximate surface area is 164 Å². The van der Waals surface area contributed by atoms with Crippen molar-refractivity contribution in [1.82, 2.24) is 4.98 Å². The van der Waals surface area contributed by atoms with Gasteiger partial charge in [-0.1, -0.05) is 12.1 Å². The first-order valence-electron chi connectivity index (χ1n) is 8.95. The first kappa shape index (κ1) is 18.8. The number of ether oxygens (including phenoxy) is 1. The second kappa shape index (κ2) is 7.46. The minimum Gasteiger partial charge on any atom is -0.435 e. The number of hydrazone groups is 1. The Hall–Kier alpha value is -3.55. The summed E-state index contributed by atoms with van der Waals surface area (Å²) in [6.07, 6.45) is 1.93. The number of anilines is 1. The van der Waals surface area contributed by atoms with E-state index in [4.69, 9.17) is 0 Å². The molecule has 29 heavy (non-hydrogen) atoms. The molecule has 8 heteroatoms. The van der Waals surface area contributed by atoms with Crippen LogP contribution in [0.1, 0.15) is 12.5 Å². The Balaban J connectivity index is 1.49. The minimum absolute atomic E-state index is 0.0246. The van der Waals surface area contributed by atoms with Gasteiger partial charge in [-0.15, -0.1) is 0 Å². The lowest BCUT2D eigenvalue weighted by Crippen LogP contribution is -2.33. The molecule has 0 spiro atoms. The maximum atomic E-state index is 12.8. The first-order chi connectivity index (χ1) is 13.9. The number of ketones is 1. The van der Waals surface area contributed by atoms with Crippen molar-refractivity contribution >= 4 is 34.0 Å². The highest BCUT2D eigenvalue weighted by molar-refractivity contribution is 6.27. The standard InChI is InChI=1S/C21H17F2N3O3/c1-12-19(18(27)11-13-2-3-14-8-9-24-17(14)10-13)20(28)26(25-12)15-4-6-16(7-5-15)29-21(22)23/h2-10,19,21,24H,11H2,1H3. The maximum absolute atomic E-state index is 12.8. The van der Waals surface area contributed by atoms with Crippen molar-refractivity contribution in [1.29, 1.82) is 0 Å². The van der Waals surface area contributed by atoms with E-state index in [1.165, 1.54) is 24.3 Å². The van der Waals surface area contributed by atoms with E-state index in [9.17, 15) is 18.4 Å². The number of alkyl halides is 2. The third-order valence-corrected chi connectivity index (χ3v) is 4.76. The van der Waals surface area contributed by atoms with Crippen LogP contribution < -0.4 is 9.75 Å². The largest absolute Gasteiger partial charge is 0.435 e. The van der Waals surface area contributed by atoms with Crippen LogP contribution >= 0.6 is 0 Å². The molecule has 148 valence electrons. The van der Waals surface area contributed by atoms with Crippen LogP contribution in [0, 0.1) is 5.92 Å². The van der Waals surface area contributed by atoms with Crippen molar-refractivity contribution in [2.75, 3.05) is 5.01 Å². The molecule has 0 saturated heterocycles. The molecule has 0 fully saturated rings. The second-order valence-corrected chi connectivity index (χ2v) is 6.74. The van der Waals surface area contributed by atoms with Crippen molar-refractivity contribution in [2.45, 2.75) is 20.0 Å². The van der Waals surface area contributed by atoms with Gasteiger partial charge in [-0.25, -0.2) is 0 Å². The molecule has 2 aromatic carbocycles. The van der Waals surface area contributed by atoms with Crippen molar-refractivity contribution < 1.29 is 23.1 Å². The van der Waals surface area contributed by atoms with Gasteiger partial charge in [-0.05, 0) is 54.3 Å². The molecule has 1 aliphatic rings. The number of carbonyl (C=O) groups is 2. The average molecular weight is 397 g/mol. The van der Waals surface area contributed by atoms with E-state index < -0.39 is 18.4 Å². The third kappa shape index (κ3) is 3.73. The number of aromatic nitrogens is 1. The van der Waals surface area contributed by atoms with E-state index in [-0.39, 0.29) is 18.0 Å². The lowest BCUT2D eigenvalue weighted by Gasteiger charge is -2.14. The highest BCUT2D eigenvalue weighted by Gasteiger charge is 2.39. The number of H-pyrrole nitrogens is 1. The molecule has 1 aliphatic heterocycles. The summed E-state index contributed by atoms with van der Waals surface area (Å²) >= 11 is 0. The molecule has 1 aromatic heterocycles. The number of hydrogen-bond donors (Lipinski definition) is 1. The molecule has 2 heterocycles. The van der Waals surface area contributed by atoms with Gasteiger partial charge in [0.2, 0.25) is 0 Å². The van der Waals surface area contributed by atoms with Crippen LogP contribution in [0.4, 0.5) is 14.5 Å². The van der Waals surface area contributed by atoms with E-state index >= 15 is 0 Å². The zero-order valence-corrected chi connectivity index (χ0v) is 15.4. The quantitative estimate of drug-likeness (QED) is 0.641. The highest BCUT2D eigenvalue weighted by atomic mass is 19.3. The Morgan fingerprint density at radius 1 is 1.21 bits per heavy atom. The number of nitrogens with one attached hydrogen (secondary N) is 1. The zero-order valence-electron chi connectivity index (χ0n) is 15.4. The predicted molar refractivity (Wildman–Crippen MR) is 104 cm³/mol. The predicted octanol–water partition coefficient (Wildman–Crippen LogP) is 3.92. The maximum Gasteiger partial charge on any atom is 0.387 e. The smallest absolute Gasteiger partial charge is 0.387 e. The number of carbonyl (C=O) groups excluding carboxylic acids is 2. The van der Waals surface area contributed by atoms with Crippen molar-refractivity contribution in [3.05, 3.63) is 60.3 Å². The summed E-state index contributed by atoms with van der Waals surface area (Å²) in [7, 11) is 0. The topological polar surface area (TPSA) is 74.8 Å². The van der Waals surface area contributed by atoms with Crippen molar-refractivity contribution in [2.24, 2.45) is 11.0 Å². The Bertz CT molecular complexity index is 1110. The number of hydrogen-bond acceptors (Lipinski definition) is 4. The number of rotatable bonds is 6. The summed E-state index contributed by atoms with van der Waals surface area (Å²) in [4.78, 5) is 28.7. The second-order valence-electron chi connectivity index (χ2n) is 6.74. The number of halogens is 2. The molecule has 0 bridgehead atoms. The minimum atomic E-state index is -2.93. The number of fused-ring (bicyclic) bond motifs is 1. The molecule has 0 aliphatic carbocycles. The number of amides is 1. The van der Waals surface area contributed by atoms with E-state index in [1.807, 2.05) is 30.5 Å². The molecule has 3 aromatic rings. The fourth-order valence-electron chi connectivity index (χ4n) is 3.40. The molecular weight excluding hydrogens is 380 g/mol. The fourth-order valence-corrected chi connectivity index (χ4v) is 3.40. The van der Waals surface area contributed by atoms with Crippen LogP contribution in [0.25, 0.3) is 10.9 Å². The molecule has 4 rings (SSSR count). The molecule has 1 unspecified atom stereocenters. The van der Waals surface area contributed by atoms with Crippen LogP contribution in [0.2, 0.25) is 0 Å². The molecule has 1 N–H and O–H groups in total. The van der Waals surface area contributed by atoms with Crippen LogP contribution in [0.15, 0.2) is 59.8 Å². The normalized spacial score (nSPS) is 16.6. The number of nitrogens with zero attached hydrogens (tertiary/aromatic N) is 2. The van der Waals surface area contributed by atoms with Crippen LogP contribution in [-0.2, 0) is 16.0 Å². The summed E-state index contributed by atoms with van der Waals surface area (Å²) in [5, 5.41) is 6.37. The molecule has 0 radical (unpaired) electrons. The highest BCUT2D eigenvalue weighted by Crippen LogP contribution is 2.27. The lowest BCUT2D eigenvalue weighted by atomic mass is 9.94. The van der Waals surface area contributed by atoms with E-state index in [1.54, 1.807) is 6.92 Å². The Morgan fingerprint density at radius 3 is 2.69 bits per heavy atom. The summed E-state index contributed by atoms with van der Waals surface area (Å²) in [6.45, 7) is -1.30. The van der Waals surface area contributed by atoms with Gasteiger partial charge >= 0.3 is 6.61 Å². The fraction of sp³-hybridized carbons (Fsp3) is 0.190.